The molecule has 0 amide bonds. The van der Waals surface area contributed by atoms with Crippen LogP contribution < -0.4 is 0 Å². The average Bonchev–Trinajstić information content (AvgIpc) is 1.56. The van der Waals surface area contributed by atoms with Gasteiger partial charge in [0.25, 0.3) is 0 Å². The molecule has 0 saturated heterocycles. The largest absolute Gasteiger partial charge is 0.456 e. The molecule has 30 rings (SSSR count). The van der Waals surface area contributed by atoms with E-state index < -0.39 is 0 Å². The molecule has 12 nitrogen and oxygen atoms in total. The van der Waals surface area contributed by atoms with Gasteiger partial charge in [-0.15, -0.1) is 0 Å². The second-order valence-electron chi connectivity index (χ2n) is 36.7. The first-order valence-electron chi connectivity index (χ1n) is 48.0. The zero-order chi connectivity index (χ0) is 93.1. The van der Waals surface area contributed by atoms with Crippen molar-refractivity contribution in [2.24, 2.45) is 0 Å². The molecule has 0 bridgehead atoms. The fraction of sp³-hybridized carbons (Fsp3) is 0. The van der Waals surface area contributed by atoms with Gasteiger partial charge in [0.1, 0.15) is 22.3 Å². The van der Waals surface area contributed by atoms with Gasteiger partial charge in [-0.05, 0) is 175 Å². The highest BCUT2D eigenvalue weighted by atomic mass is 16.3. The summed E-state index contributed by atoms with van der Waals surface area (Å²) in [6.45, 7) is 0. The van der Waals surface area contributed by atoms with Crippen molar-refractivity contribution in [1.29, 1.82) is 0 Å². The van der Waals surface area contributed by atoms with Crippen LogP contribution in [0.5, 0.6) is 0 Å². The Hall–Kier alpha value is -19.3. The van der Waals surface area contributed by atoms with E-state index in [-0.39, 0.29) is 0 Å². The summed E-state index contributed by atoms with van der Waals surface area (Å²) in [5.74, 6) is 3.42. The van der Waals surface area contributed by atoms with Crippen LogP contribution in [0.4, 0.5) is 0 Å². The zero-order valence-corrected chi connectivity index (χ0v) is 76.3. The standard InChI is InChI=1S/2C65H39N5O/c1-3-17-40(18-4-1)42-22-15-23-45(35-42)63-66-64(52-29-16-32-57-60(52)50-28-12-14-31-56(50)69(57)46-24-5-2-6-25-46)68-65(67-63)54-38-47(39-59-61(54)51-34-33-41-19-9-10-26-48(41)62(51)71-59)70-55-30-13-11-27-49(55)53-36-43-20-7-8-21-44(43)37-58(53)70;1-3-16-40(17-4-1)41-30-32-43(33-31-41)63-66-64(51-26-15-28-55-61(51)49-24-11-13-27-54(49)69(55)46-21-5-2-6-22-46)68-65(67-63)53-38-47(39-59-62(53)50-25-12-14-29-58(50)71-59)70-56-35-34-42-18-9-10-23-48(42)60(56)52-36-44-19-7-8-20-45(44)37-57(52)70/h2*1-39H. The van der Waals surface area contributed by atoms with Crippen molar-refractivity contribution in [2.45, 2.75) is 0 Å². The first kappa shape index (κ1) is 80.0. The van der Waals surface area contributed by atoms with E-state index in [1.165, 1.54) is 53.9 Å². The normalized spacial score (nSPS) is 11.9. The minimum absolute atomic E-state index is 0.549. The van der Waals surface area contributed by atoms with Crippen LogP contribution in [0.15, 0.2) is 482 Å². The third kappa shape index (κ3) is 12.9. The predicted octanol–water partition coefficient (Wildman–Crippen LogP) is 33.9. The molecule has 142 heavy (non-hydrogen) atoms. The average molecular weight is 1810 g/mol. The van der Waals surface area contributed by atoms with Crippen molar-refractivity contribution in [3.05, 3.63) is 473 Å². The van der Waals surface area contributed by atoms with E-state index in [2.05, 4.69) is 467 Å². The molecular formula is C130H78N10O2. The first-order chi connectivity index (χ1) is 70.4. The lowest BCUT2D eigenvalue weighted by Crippen LogP contribution is -2.02. The van der Waals surface area contributed by atoms with Crippen molar-refractivity contribution in [3.63, 3.8) is 0 Å². The number of hydrogen-bond acceptors (Lipinski definition) is 8. The zero-order valence-electron chi connectivity index (χ0n) is 76.3. The highest BCUT2D eigenvalue weighted by Crippen LogP contribution is 2.50. The molecule has 0 radical (unpaired) electrons. The molecule has 0 fully saturated rings. The fourth-order valence-electron chi connectivity index (χ4n) is 22.3. The summed E-state index contributed by atoms with van der Waals surface area (Å²) >= 11 is 0. The van der Waals surface area contributed by atoms with Crippen LogP contribution in [-0.2, 0) is 0 Å². The molecule has 12 heteroatoms. The Balaban J connectivity index is 0.000000136. The van der Waals surface area contributed by atoms with E-state index in [0.29, 0.717) is 34.9 Å². The second-order valence-corrected chi connectivity index (χ2v) is 36.7. The van der Waals surface area contributed by atoms with Gasteiger partial charge in [0, 0.05) is 127 Å². The Morgan fingerprint density at radius 2 is 0.514 bits per heavy atom. The van der Waals surface area contributed by atoms with Crippen molar-refractivity contribution < 1.29 is 8.83 Å². The molecule has 30 aromatic rings. The molecule has 0 saturated carbocycles. The minimum atomic E-state index is 0.549. The summed E-state index contributed by atoms with van der Waals surface area (Å²) in [4.78, 5) is 33.1. The molecular weight excluding hydrogens is 1730 g/mol. The summed E-state index contributed by atoms with van der Waals surface area (Å²) < 4.78 is 23.4. The summed E-state index contributed by atoms with van der Waals surface area (Å²) in [5.41, 5.74) is 25.7. The maximum atomic E-state index is 7.12. The molecule has 0 aliphatic carbocycles. The van der Waals surface area contributed by atoms with E-state index in [4.69, 9.17) is 38.7 Å². The van der Waals surface area contributed by atoms with E-state index >= 15 is 0 Å². The van der Waals surface area contributed by atoms with Gasteiger partial charge in [-0.2, -0.15) is 0 Å². The van der Waals surface area contributed by atoms with Gasteiger partial charge in [-0.3, -0.25) is 0 Å². The quantitative estimate of drug-likeness (QED) is 0.118. The second kappa shape index (κ2) is 32.2. The number of aromatic nitrogens is 10. The fourth-order valence-corrected chi connectivity index (χ4v) is 22.3. The predicted molar refractivity (Wildman–Crippen MR) is 585 cm³/mol. The smallest absolute Gasteiger partial charge is 0.164 e. The van der Waals surface area contributed by atoms with Crippen LogP contribution in [0.2, 0.25) is 0 Å². The Bertz CT molecular complexity index is 10500. The van der Waals surface area contributed by atoms with Gasteiger partial charge in [0.05, 0.1) is 55.5 Å². The third-order valence-electron chi connectivity index (χ3n) is 28.6. The molecule has 22 aromatic carbocycles. The van der Waals surface area contributed by atoms with Gasteiger partial charge in [-0.25, -0.2) is 29.9 Å². The van der Waals surface area contributed by atoms with Gasteiger partial charge in [-0.1, -0.05) is 346 Å². The third-order valence-corrected chi connectivity index (χ3v) is 28.6. The molecule has 0 atom stereocenters. The Morgan fingerprint density at radius 3 is 1.10 bits per heavy atom. The number of benzene rings is 22. The Morgan fingerprint density at radius 1 is 0.148 bits per heavy atom. The number of nitrogens with zero attached hydrogens (tertiary/aromatic N) is 10. The molecule has 660 valence electrons. The first-order valence-corrected chi connectivity index (χ1v) is 48.0. The number of fused-ring (bicyclic) bond motifs is 24. The molecule has 8 aromatic heterocycles. The van der Waals surface area contributed by atoms with Gasteiger partial charge in [0.2, 0.25) is 0 Å². The molecule has 0 N–H and O–H groups in total. The summed E-state index contributed by atoms with van der Waals surface area (Å²) in [7, 11) is 0. The molecule has 8 heterocycles. The van der Waals surface area contributed by atoms with E-state index in [0.717, 1.165) is 199 Å². The lowest BCUT2D eigenvalue weighted by molar-refractivity contribution is 0.668. The van der Waals surface area contributed by atoms with Crippen LogP contribution in [0.1, 0.15) is 0 Å². The Labute approximate surface area is 812 Å². The maximum Gasteiger partial charge on any atom is 0.164 e. The highest BCUT2D eigenvalue weighted by Gasteiger charge is 2.29. The van der Waals surface area contributed by atoms with Crippen molar-refractivity contribution >= 4 is 174 Å². The topological polar surface area (TPSA) is 123 Å². The van der Waals surface area contributed by atoms with E-state index in [1.54, 1.807) is 0 Å². The summed E-state index contributed by atoms with van der Waals surface area (Å²) in [6, 6.07) is 168. The van der Waals surface area contributed by atoms with Gasteiger partial charge < -0.3 is 27.1 Å². The molecule has 0 aliphatic heterocycles. The van der Waals surface area contributed by atoms with E-state index in [1.807, 2.05) is 24.3 Å². The lowest BCUT2D eigenvalue weighted by Gasteiger charge is -2.14. The molecule has 0 unspecified atom stereocenters. The minimum Gasteiger partial charge on any atom is -0.456 e. The highest BCUT2D eigenvalue weighted by molar-refractivity contribution is 6.26. The number of rotatable bonds is 12. The number of para-hydroxylation sites is 6. The molecule has 0 aliphatic rings. The van der Waals surface area contributed by atoms with Crippen molar-refractivity contribution in [3.8, 4) is 113 Å². The SMILES string of the molecule is c1ccc(-c2ccc(-c3nc(-c4cc(-n5c6cc7ccccc7cc6c6c7ccccc7ccc65)cc5oc6ccccc6c45)nc(-c4cccc5c4c4ccccc4n5-c4ccccc4)n3)cc2)cc1.c1ccc(-c2cccc(-c3nc(-c4cc(-n5c6ccccc6c6cc7ccccc7cc65)cc5oc6c7ccccc7ccc6c45)nc(-c4cccc5c4c4ccccc4n5-c4ccccc4)n3)c2)cc1. The van der Waals surface area contributed by atoms with Crippen LogP contribution in [-0.4, -0.2) is 48.2 Å². The van der Waals surface area contributed by atoms with Crippen molar-refractivity contribution in [1.82, 2.24) is 48.2 Å². The number of hydrogen-bond donors (Lipinski definition) is 0. The maximum absolute atomic E-state index is 7.12. The van der Waals surface area contributed by atoms with Gasteiger partial charge >= 0.3 is 0 Å². The van der Waals surface area contributed by atoms with Gasteiger partial charge in [0.15, 0.2) is 34.9 Å². The Kier molecular flexibility index (Phi) is 18.1. The monoisotopic (exact) mass is 1810 g/mol. The van der Waals surface area contributed by atoms with Crippen LogP contribution in [0.3, 0.4) is 0 Å². The molecule has 0 spiro atoms. The summed E-state index contributed by atoms with van der Waals surface area (Å²) in [5, 5.41) is 22.3. The summed E-state index contributed by atoms with van der Waals surface area (Å²) in [6.07, 6.45) is 0. The lowest BCUT2D eigenvalue weighted by atomic mass is 10.0. The van der Waals surface area contributed by atoms with E-state index in [9.17, 15) is 0 Å². The van der Waals surface area contributed by atoms with Crippen LogP contribution in [0.25, 0.3) is 288 Å². The van der Waals surface area contributed by atoms with Crippen molar-refractivity contribution in [2.75, 3.05) is 0 Å². The van der Waals surface area contributed by atoms with Crippen LogP contribution in [0, 0.1) is 0 Å². The van der Waals surface area contributed by atoms with Crippen LogP contribution >= 0.6 is 0 Å². The number of furan rings is 2.